The van der Waals surface area contributed by atoms with Gasteiger partial charge in [-0.1, -0.05) is 48.5 Å². The molecule has 1 aromatic heterocycles. The lowest BCUT2D eigenvalue weighted by molar-refractivity contribution is -0.125. The van der Waals surface area contributed by atoms with E-state index in [2.05, 4.69) is 0 Å². The number of hydrogen-bond donors (Lipinski definition) is 1. The molecule has 1 aliphatic heterocycles. The highest BCUT2D eigenvalue weighted by Crippen LogP contribution is 2.24. The van der Waals surface area contributed by atoms with E-state index in [-0.39, 0.29) is 5.91 Å². The van der Waals surface area contributed by atoms with Crippen molar-refractivity contribution < 1.29 is 9.59 Å². The minimum Gasteiger partial charge on any atom is -0.351 e. The number of nitrogens with zero attached hydrogens (tertiary/aromatic N) is 4. The van der Waals surface area contributed by atoms with Gasteiger partial charge in [0, 0.05) is 49.6 Å². The Balaban J connectivity index is 1.58. The number of amides is 3. The van der Waals surface area contributed by atoms with Crippen molar-refractivity contribution >= 4 is 18.0 Å². The maximum absolute atomic E-state index is 12.8. The Morgan fingerprint density at radius 1 is 0.871 bits per heavy atom. The van der Waals surface area contributed by atoms with Crippen molar-refractivity contribution in [3.8, 4) is 16.9 Å². The topological polar surface area (TPSA) is 84.5 Å². The molecule has 0 aliphatic carbocycles. The van der Waals surface area contributed by atoms with Crippen LogP contribution >= 0.6 is 0 Å². The van der Waals surface area contributed by atoms with Gasteiger partial charge < -0.3 is 15.5 Å². The number of para-hydroxylation sites is 1. The molecule has 0 unspecified atom stereocenters. The normalized spacial score (nSPS) is 14.6. The molecule has 1 fully saturated rings. The minimum atomic E-state index is -0.439. The lowest BCUT2D eigenvalue weighted by atomic mass is 10.1. The number of nitrogens with two attached hydrogens (primary N) is 1. The second-order valence-electron chi connectivity index (χ2n) is 7.42. The first kappa shape index (κ1) is 20.4. The molecular weight excluding hydrogens is 390 g/mol. The first-order valence-corrected chi connectivity index (χ1v) is 10.3. The van der Waals surface area contributed by atoms with Gasteiger partial charge in [0.05, 0.1) is 11.4 Å². The number of carbonyl (C=O) groups is 2. The van der Waals surface area contributed by atoms with Crippen LogP contribution in [0.5, 0.6) is 0 Å². The van der Waals surface area contributed by atoms with Crippen LogP contribution in [0, 0.1) is 0 Å². The summed E-state index contributed by atoms with van der Waals surface area (Å²) in [4.78, 5) is 27.5. The molecular formula is C24H25N5O2. The first-order valence-electron chi connectivity index (χ1n) is 10.3. The zero-order chi connectivity index (χ0) is 21.6. The molecule has 0 spiro atoms. The Morgan fingerprint density at radius 3 is 2.23 bits per heavy atom. The molecule has 0 atom stereocenters. The van der Waals surface area contributed by atoms with E-state index in [4.69, 9.17) is 10.8 Å². The number of primary amides is 1. The summed E-state index contributed by atoms with van der Waals surface area (Å²) in [5.41, 5.74) is 8.97. The third-order valence-electron chi connectivity index (χ3n) is 5.34. The summed E-state index contributed by atoms with van der Waals surface area (Å²) in [6, 6.07) is 19.3. The van der Waals surface area contributed by atoms with Gasteiger partial charge in [0.1, 0.15) is 0 Å². The van der Waals surface area contributed by atoms with Gasteiger partial charge in [0.15, 0.2) is 0 Å². The molecule has 3 aromatic rings. The molecule has 158 valence electrons. The molecule has 1 aliphatic rings. The summed E-state index contributed by atoms with van der Waals surface area (Å²) in [7, 11) is 0. The Morgan fingerprint density at radius 2 is 1.52 bits per heavy atom. The van der Waals surface area contributed by atoms with E-state index in [0.29, 0.717) is 32.6 Å². The van der Waals surface area contributed by atoms with Gasteiger partial charge >= 0.3 is 6.03 Å². The van der Waals surface area contributed by atoms with Crippen molar-refractivity contribution in [1.29, 1.82) is 0 Å². The van der Waals surface area contributed by atoms with Gasteiger partial charge in [-0.3, -0.25) is 4.79 Å². The number of rotatable bonds is 4. The maximum Gasteiger partial charge on any atom is 0.314 e. The van der Waals surface area contributed by atoms with Crippen LogP contribution in [0.1, 0.15) is 12.0 Å². The third kappa shape index (κ3) is 4.83. The van der Waals surface area contributed by atoms with Crippen molar-refractivity contribution in [1.82, 2.24) is 19.6 Å². The fraction of sp³-hybridized carbons (Fsp3) is 0.208. The molecule has 1 saturated heterocycles. The van der Waals surface area contributed by atoms with Crippen LogP contribution in [-0.2, 0) is 4.79 Å². The number of urea groups is 1. The molecule has 3 amide bonds. The maximum atomic E-state index is 12.8. The Labute approximate surface area is 181 Å². The zero-order valence-electron chi connectivity index (χ0n) is 17.2. The Bertz CT molecular complexity index is 1080. The Hall–Kier alpha value is -3.87. The van der Waals surface area contributed by atoms with Crippen LogP contribution < -0.4 is 5.73 Å². The second-order valence-corrected chi connectivity index (χ2v) is 7.42. The monoisotopic (exact) mass is 415 g/mol. The van der Waals surface area contributed by atoms with Crippen molar-refractivity contribution in [2.75, 3.05) is 26.2 Å². The van der Waals surface area contributed by atoms with Crippen molar-refractivity contribution in [2.24, 2.45) is 5.73 Å². The lowest BCUT2D eigenvalue weighted by Gasteiger charge is -2.19. The smallest absolute Gasteiger partial charge is 0.314 e. The summed E-state index contributed by atoms with van der Waals surface area (Å²) in [6.45, 7) is 2.10. The molecule has 7 heteroatoms. The zero-order valence-corrected chi connectivity index (χ0v) is 17.2. The fourth-order valence-corrected chi connectivity index (χ4v) is 3.67. The van der Waals surface area contributed by atoms with Crippen molar-refractivity contribution in [3.63, 3.8) is 0 Å². The van der Waals surface area contributed by atoms with Crippen LogP contribution in [0.3, 0.4) is 0 Å². The molecule has 31 heavy (non-hydrogen) atoms. The molecule has 0 saturated carbocycles. The number of hydrogen-bond acceptors (Lipinski definition) is 3. The van der Waals surface area contributed by atoms with Gasteiger partial charge in [0.25, 0.3) is 0 Å². The predicted molar refractivity (Wildman–Crippen MR) is 120 cm³/mol. The molecule has 2 N–H and O–H groups in total. The van der Waals surface area contributed by atoms with Crippen molar-refractivity contribution in [3.05, 3.63) is 78.5 Å². The molecule has 4 rings (SSSR count). The van der Waals surface area contributed by atoms with Gasteiger partial charge in [-0.2, -0.15) is 5.10 Å². The standard InChI is InChI=1S/C24H25N5O2/c25-24(31)28-15-7-14-27(16-17-28)22(30)13-12-20-18-29(21-10-5-2-6-11-21)26-23(20)19-8-3-1-4-9-19/h1-6,8-13,18H,7,14-17H2,(H2,25,31)/b13-12+. The average Bonchev–Trinajstić information content (AvgIpc) is 3.07. The number of benzene rings is 2. The van der Waals surface area contributed by atoms with E-state index < -0.39 is 6.03 Å². The van der Waals surface area contributed by atoms with Crippen LogP contribution in [0.2, 0.25) is 0 Å². The van der Waals surface area contributed by atoms with E-state index in [9.17, 15) is 9.59 Å². The SMILES string of the molecule is NC(=O)N1CCCN(C(=O)/C=C/c2cn(-c3ccccc3)nc2-c2ccccc2)CC1. The number of carbonyl (C=O) groups excluding carboxylic acids is 2. The number of aromatic nitrogens is 2. The Kier molecular flexibility index (Phi) is 6.12. The van der Waals surface area contributed by atoms with E-state index in [0.717, 1.165) is 22.5 Å². The van der Waals surface area contributed by atoms with Crippen LogP contribution in [0.4, 0.5) is 4.79 Å². The van der Waals surface area contributed by atoms with Gasteiger partial charge in [-0.15, -0.1) is 0 Å². The van der Waals surface area contributed by atoms with E-state index >= 15 is 0 Å². The van der Waals surface area contributed by atoms with Gasteiger partial charge in [0.2, 0.25) is 5.91 Å². The van der Waals surface area contributed by atoms with E-state index in [1.165, 1.54) is 0 Å². The van der Waals surface area contributed by atoms with Crippen LogP contribution in [0.15, 0.2) is 72.9 Å². The van der Waals surface area contributed by atoms with E-state index in [1.54, 1.807) is 15.9 Å². The highest BCUT2D eigenvalue weighted by molar-refractivity contribution is 5.93. The molecule has 2 heterocycles. The quantitative estimate of drug-likeness (QED) is 0.664. The fourth-order valence-electron chi connectivity index (χ4n) is 3.67. The summed E-state index contributed by atoms with van der Waals surface area (Å²) in [5.74, 6) is -0.0854. The second kappa shape index (κ2) is 9.30. The summed E-state index contributed by atoms with van der Waals surface area (Å²) in [5, 5.41) is 4.77. The van der Waals surface area contributed by atoms with Crippen LogP contribution in [-0.4, -0.2) is 57.7 Å². The minimum absolute atomic E-state index is 0.0854. The molecule has 2 aromatic carbocycles. The summed E-state index contributed by atoms with van der Waals surface area (Å²) >= 11 is 0. The summed E-state index contributed by atoms with van der Waals surface area (Å²) in [6.07, 6.45) is 6.04. The largest absolute Gasteiger partial charge is 0.351 e. The van der Waals surface area contributed by atoms with E-state index in [1.807, 2.05) is 77.6 Å². The van der Waals surface area contributed by atoms with Gasteiger partial charge in [-0.05, 0) is 24.6 Å². The van der Waals surface area contributed by atoms with Gasteiger partial charge in [-0.25, -0.2) is 9.48 Å². The highest BCUT2D eigenvalue weighted by Gasteiger charge is 2.19. The molecule has 7 nitrogen and oxygen atoms in total. The molecule has 0 radical (unpaired) electrons. The van der Waals surface area contributed by atoms with Crippen molar-refractivity contribution in [2.45, 2.75) is 6.42 Å². The predicted octanol–water partition coefficient (Wildman–Crippen LogP) is 3.17. The lowest BCUT2D eigenvalue weighted by Crippen LogP contribution is -2.39. The summed E-state index contributed by atoms with van der Waals surface area (Å²) < 4.78 is 1.82. The first-order chi connectivity index (χ1) is 15.1. The average molecular weight is 415 g/mol. The third-order valence-corrected chi connectivity index (χ3v) is 5.34. The molecule has 0 bridgehead atoms. The van der Waals surface area contributed by atoms with Crippen LogP contribution in [0.25, 0.3) is 23.0 Å². The highest BCUT2D eigenvalue weighted by atomic mass is 16.2.